The van der Waals surface area contributed by atoms with Crippen LogP contribution in [0.5, 0.6) is 0 Å². The van der Waals surface area contributed by atoms with E-state index in [0.717, 1.165) is 4.90 Å². The highest BCUT2D eigenvalue weighted by atomic mass is 32.2. The number of nitrogens with two attached hydrogens (primary N) is 2. The first kappa shape index (κ1) is 13.7. The Morgan fingerprint density at radius 3 is 2.44 bits per heavy atom. The van der Waals surface area contributed by atoms with Gasteiger partial charge < -0.3 is 5.73 Å². The fourth-order valence-electron chi connectivity index (χ4n) is 2.24. The molecule has 4 N–H and O–H groups in total. The van der Waals surface area contributed by atoms with Crippen molar-refractivity contribution in [2.75, 3.05) is 5.73 Å². The highest BCUT2D eigenvalue weighted by Crippen LogP contribution is 2.37. The third-order valence-corrected chi connectivity index (χ3v) is 5.56. The second-order valence-electron chi connectivity index (χ2n) is 4.59. The summed E-state index contributed by atoms with van der Waals surface area (Å²) < 4.78 is 22.8. The number of nitrogen functional groups attached to an aromatic ring is 1. The van der Waals surface area contributed by atoms with Gasteiger partial charge in [-0.25, -0.2) is 13.6 Å². The minimum Gasteiger partial charge on any atom is -0.397 e. The van der Waals surface area contributed by atoms with Crippen LogP contribution in [0.15, 0.2) is 28.0 Å². The van der Waals surface area contributed by atoms with Crippen LogP contribution in [-0.4, -0.2) is 13.7 Å². The highest BCUT2D eigenvalue weighted by Gasteiger charge is 2.19. The van der Waals surface area contributed by atoms with Crippen LogP contribution in [0.1, 0.15) is 32.1 Å². The van der Waals surface area contributed by atoms with Crippen molar-refractivity contribution in [2.45, 2.75) is 47.1 Å². The molecule has 0 unspecified atom stereocenters. The van der Waals surface area contributed by atoms with Gasteiger partial charge in [-0.2, -0.15) is 0 Å². The van der Waals surface area contributed by atoms with E-state index in [2.05, 4.69) is 0 Å². The topological polar surface area (TPSA) is 86.2 Å². The van der Waals surface area contributed by atoms with E-state index in [9.17, 15) is 8.42 Å². The molecule has 0 bridgehead atoms. The van der Waals surface area contributed by atoms with Crippen molar-refractivity contribution in [3.63, 3.8) is 0 Å². The Balaban J connectivity index is 2.23. The first-order valence-electron chi connectivity index (χ1n) is 6.06. The molecular formula is C12H18N2O2S2. The third-order valence-electron chi connectivity index (χ3n) is 3.18. The first-order chi connectivity index (χ1) is 8.48. The zero-order valence-electron chi connectivity index (χ0n) is 10.1. The van der Waals surface area contributed by atoms with Crippen molar-refractivity contribution >= 4 is 27.5 Å². The molecule has 0 radical (unpaired) electrons. The van der Waals surface area contributed by atoms with Gasteiger partial charge in [0, 0.05) is 10.1 Å². The number of hydrogen-bond donors (Lipinski definition) is 2. The van der Waals surface area contributed by atoms with Crippen molar-refractivity contribution in [2.24, 2.45) is 5.14 Å². The van der Waals surface area contributed by atoms with Gasteiger partial charge in [-0.1, -0.05) is 25.3 Å². The monoisotopic (exact) mass is 286 g/mol. The lowest BCUT2D eigenvalue weighted by Crippen LogP contribution is -2.15. The maximum atomic E-state index is 11.4. The summed E-state index contributed by atoms with van der Waals surface area (Å²) in [5, 5.41) is 5.68. The number of primary sulfonamides is 1. The average molecular weight is 286 g/mol. The van der Waals surface area contributed by atoms with Gasteiger partial charge in [-0.3, -0.25) is 0 Å². The molecule has 1 saturated carbocycles. The third kappa shape index (κ3) is 3.18. The van der Waals surface area contributed by atoms with E-state index in [4.69, 9.17) is 10.9 Å². The minimum atomic E-state index is -3.74. The Morgan fingerprint density at radius 1 is 1.17 bits per heavy atom. The Morgan fingerprint density at radius 2 is 1.83 bits per heavy atom. The van der Waals surface area contributed by atoms with E-state index in [1.807, 2.05) is 6.07 Å². The zero-order valence-corrected chi connectivity index (χ0v) is 11.8. The molecule has 1 aromatic rings. The smallest absolute Gasteiger partial charge is 0.240 e. The van der Waals surface area contributed by atoms with Gasteiger partial charge in [0.1, 0.15) is 4.90 Å². The fourth-order valence-corrected chi connectivity index (χ4v) is 4.31. The lowest BCUT2D eigenvalue weighted by atomic mass is 10.0. The lowest BCUT2D eigenvalue weighted by Gasteiger charge is -2.22. The maximum absolute atomic E-state index is 11.4. The molecule has 1 aliphatic rings. The van der Waals surface area contributed by atoms with Crippen molar-refractivity contribution in [1.29, 1.82) is 0 Å². The molecule has 1 aliphatic carbocycles. The maximum Gasteiger partial charge on any atom is 0.240 e. The molecule has 1 aromatic carbocycles. The molecule has 4 nitrogen and oxygen atoms in total. The summed E-state index contributed by atoms with van der Waals surface area (Å²) in [7, 11) is -3.74. The quantitative estimate of drug-likeness (QED) is 0.835. The lowest BCUT2D eigenvalue weighted by molar-refractivity contribution is 0.516. The van der Waals surface area contributed by atoms with Crippen LogP contribution in [-0.2, 0) is 10.0 Å². The van der Waals surface area contributed by atoms with Crippen LogP contribution in [0.3, 0.4) is 0 Å². The number of para-hydroxylation sites is 1. The highest BCUT2D eigenvalue weighted by molar-refractivity contribution is 8.00. The largest absolute Gasteiger partial charge is 0.397 e. The van der Waals surface area contributed by atoms with Crippen molar-refractivity contribution in [3.8, 4) is 0 Å². The molecule has 100 valence electrons. The summed E-state index contributed by atoms with van der Waals surface area (Å²) in [6, 6.07) is 5.01. The SMILES string of the molecule is Nc1c(SC2CCCCC2)cccc1S(N)(=O)=O. The minimum absolute atomic E-state index is 0.0308. The van der Waals surface area contributed by atoms with E-state index in [1.165, 1.54) is 38.2 Å². The number of sulfonamides is 1. The molecule has 0 heterocycles. The summed E-state index contributed by atoms with van der Waals surface area (Å²) >= 11 is 1.68. The van der Waals surface area contributed by atoms with Gasteiger partial charge >= 0.3 is 0 Å². The summed E-state index contributed by atoms with van der Waals surface area (Å²) in [5.41, 5.74) is 6.19. The second kappa shape index (κ2) is 5.50. The molecule has 0 amide bonds. The number of anilines is 1. The molecule has 0 aliphatic heterocycles. The summed E-state index contributed by atoms with van der Waals surface area (Å²) in [6.45, 7) is 0. The van der Waals surface area contributed by atoms with Crippen LogP contribution >= 0.6 is 11.8 Å². The van der Waals surface area contributed by atoms with Crippen LogP contribution in [0.25, 0.3) is 0 Å². The van der Waals surface area contributed by atoms with Crippen molar-refractivity contribution in [3.05, 3.63) is 18.2 Å². The normalized spacial score (nSPS) is 17.8. The molecule has 0 spiro atoms. The van der Waals surface area contributed by atoms with E-state index in [0.29, 0.717) is 5.25 Å². The van der Waals surface area contributed by atoms with Gasteiger partial charge in [-0.15, -0.1) is 11.8 Å². The van der Waals surface area contributed by atoms with Crippen LogP contribution in [0, 0.1) is 0 Å². The van der Waals surface area contributed by atoms with Gasteiger partial charge in [0.25, 0.3) is 0 Å². The Bertz CT molecular complexity index is 523. The second-order valence-corrected chi connectivity index (χ2v) is 7.46. The molecule has 0 atom stereocenters. The summed E-state index contributed by atoms with van der Waals surface area (Å²) in [4.78, 5) is 0.858. The molecule has 18 heavy (non-hydrogen) atoms. The summed E-state index contributed by atoms with van der Waals surface area (Å²) in [5.74, 6) is 0. The Hall–Kier alpha value is -0.720. The summed E-state index contributed by atoms with van der Waals surface area (Å²) in [6.07, 6.45) is 6.12. The number of benzene rings is 1. The van der Waals surface area contributed by atoms with E-state index in [1.54, 1.807) is 17.8 Å². The van der Waals surface area contributed by atoms with E-state index < -0.39 is 10.0 Å². The van der Waals surface area contributed by atoms with Crippen molar-refractivity contribution in [1.82, 2.24) is 0 Å². The molecule has 1 fully saturated rings. The van der Waals surface area contributed by atoms with Gasteiger partial charge in [-0.05, 0) is 25.0 Å². The van der Waals surface area contributed by atoms with Gasteiger partial charge in [0.15, 0.2) is 0 Å². The Kier molecular flexibility index (Phi) is 4.19. The van der Waals surface area contributed by atoms with Crippen molar-refractivity contribution < 1.29 is 8.42 Å². The predicted molar refractivity (Wildman–Crippen MR) is 75.0 cm³/mol. The average Bonchev–Trinajstić information content (AvgIpc) is 2.32. The standard InChI is InChI=1S/C12H18N2O2S2/c13-12-10(17-9-5-2-1-3-6-9)7-4-8-11(12)18(14,15)16/h4,7-9H,1-3,5-6,13H2,(H2,14,15,16). The Labute approximate surface area is 112 Å². The number of rotatable bonds is 3. The van der Waals surface area contributed by atoms with Gasteiger partial charge in [0.05, 0.1) is 5.69 Å². The molecule has 0 saturated heterocycles. The molecule has 6 heteroatoms. The zero-order chi connectivity index (χ0) is 13.2. The van der Waals surface area contributed by atoms with Crippen LogP contribution < -0.4 is 10.9 Å². The van der Waals surface area contributed by atoms with Crippen LogP contribution in [0.4, 0.5) is 5.69 Å². The van der Waals surface area contributed by atoms with Gasteiger partial charge in [0.2, 0.25) is 10.0 Å². The number of hydrogen-bond acceptors (Lipinski definition) is 4. The molecule has 0 aromatic heterocycles. The molecular weight excluding hydrogens is 268 g/mol. The van der Waals surface area contributed by atoms with E-state index in [-0.39, 0.29) is 10.6 Å². The molecule has 2 rings (SSSR count). The predicted octanol–water partition coefficient (Wildman–Crippen LogP) is 2.34. The van der Waals surface area contributed by atoms with Crippen LogP contribution in [0.2, 0.25) is 0 Å². The first-order valence-corrected chi connectivity index (χ1v) is 8.49. The van der Waals surface area contributed by atoms with E-state index >= 15 is 0 Å². The number of thioether (sulfide) groups is 1. The fraction of sp³-hybridized carbons (Fsp3) is 0.500.